The molecule has 0 fully saturated rings. The fraction of sp³-hybridized carbons (Fsp3) is 0.273. The summed E-state index contributed by atoms with van der Waals surface area (Å²) in [6.45, 7) is 22.0. The molecule has 7 aromatic rings. The lowest BCUT2D eigenvalue weighted by Gasteiger charge is -2.40. The number of nitrogens with zero attached hydrogens (tertiary/aromatic N) is 6. The smallest absolute Gasteiger partial charge is 0.134 e. The van der Waals surface area contributed by atoms with Crippen molar-refractivity contribution in [1.82, 2.24) is 9.97 Å². The van der Waals surface area contributed by atoms with Crippen molar-refractivity contribution in [2.24, 2.45) is 9.98 Å². The lowest BCUT2D eigenvalue weighted by Crippen LogP contribution is -2.53. The van der Waals surface area contributed by atoms with Crippen molar-refractivity contribution in [3.8, 4) is 44.5 Å². The average Bonchev–Trinajstić information content (AvgIpc) is 3.81. The maximum absolute atomic E-state index is 5.17. The third-order valence-electron chi connectivity index (χ3n) is 15.3. The van der Waals surface area contributed by atoms with Crippen LogP contribution in [0.2, 0.25) is 0 Å². The number of fused-ring (bicyclic) bond motifs is 12. The Balaban J connectivity index is 1.11. The monoisotopic (exact) mass is 796 g/mol. The van der Waals surface area contributed by atoms with Crippen molar-refractivity contribution in [2.75, 3.05) is 9.80 Å². The van der Waals surface area contributed by atoms with E-state index in [0.29, 0.717) is 0 Å². The summed E-state index contributed by atoms with van der Waals surface area (Å²) < 4.78 is 0. The predicted octanol–water partition coefficient (Wildman–Crippen LogP) is 12.9. The second-order valence-electron chi connectivity index (χ2n) is 19.5. The highest BCUT2D eigenvalue weighted by Crippen LogP contribution is 2.65. The maximum atomic E-state index is 5.17. The van der Waals surface area contributed by atoms with Crippen LogP contribution in [-0.4, -0.2) is 43.8 Å². The topological polar surface area (TPSA) is 57.0 Å². The minimum atomic E-state index is -0.537. The van der Waals surface area contributed by atoms with Gasteiger partial charge in [0.15, 0.2) is 0 Å². The van der Waals surface area contributed by atoms with Gasteiger partial charge in [0.25, 0.3) is 0 Å². The van der Waals surface area contributed by atoms with Crippen LogP contribution in [0, 0.1) is 0 Å². The van der Waals surface area contributed by atoms with Crippen molar-refractivity contribution in [2.45, 2.75) is 96.8 Å². The van der Waals surface area contributed by atoms with Crippen molar-refractivity contribution < 1.29 is 0 Å². The first-order valence-corrected chi connectivity index (χ1v) is 21.6. The van der Waals surface area contributed by atoms with E-state index < -0.39 is 5.41 Å². The molecule has 0 unspecified atom stereocenters. The molecule has 1 spiro atoms. The summed E-state index contributed by atoms with van der Waals surface area (Å²) in [4.78, 5) is 24.9. The van der Waals surface area contributed by atoms with Crippen LogP contribution in [-0.2, 0) is 5.41 Å². The van der Waals surface area contributed by atoms with Crippen LogP contribution in [0.1, 0.15) is 91.5 Å². The predicted molar refractivity (Wildman–Crippen MR) is 254 cm³/mol. The first-order valence-electron chi connectivity index (χ1n) is 21.6. The second kappa shape index (κ2) is 12.3. The van der Waals surface area contributed by atoms with Gasteiger partial charge in [-0.15, -0.1) is 0 Å². The molecule has 0 N–H and O–H groups in total. The van der Waals surface area contributed by atoms with E-state index >= 15 is 0 Å². The van der Waals surface area contributed by atoms with Crippen LogP contribution >= 0.6 is 0 Å². The molecular weight excluding hydrogens is 745 g/mol. The van der Waals surface area contributed by atoms with Gasteiger partial charge in [-0.3, -0.25) is 9.98 Å². The molecule has 0 saturated carbocycles. The number of hydrogen-bond acceptors (Lipinski definition) is 6. The normalized spacial score (nSPS) is 19.1. The maximum Gasteiger partial charge on any atom is 0.134 e. The molecule has 6 nitrogen and oxygen atoms in total. The van der Waals surface area contributed by atoms with E-state index in [1.165, 1.54) is 60.8 Å². The third kappa shape index (κ3) is 4.85. The largest absolute Gasteiger partial charge is 0.307 e. The van der Waals surface area contributed by atoms with E-state index in [1.807, 2.05) is 6.20 Å². The van der Waals surface area contributed by atoms with Crippen molar-refractivity contribution in [3.05, 3.63) is 156 Å². The molecule has 5 aromatic carbocycles. The molecule has 0 amide bonds. The summed E-state index contributed by atoms with van der Waals surface area (Å²) in [5, 5.41) is 2.46. The van der Waals surface area contributed by atoms with Crippen molar-refractivity contribution >= 4 is 34.1 Å². The molecule has 0 saturated heterocycles. The molecule has 4 heterocycles. The van der Waals surface area contributed by atoms with Crippen LogP contribution in [0.4, 0.5) is 11.6 Å². The number of aliphatic imine (C=N–C) groups is 2. The van der Waals surface area contributed by atoms with E-state index in [2.05, 4.69) is 207 Å². The summed E-state index contributed by atoms with van der Waals surface area (Å²) in [5.41, 5.74) is 13.5. The minimum Gasteiger partial charge on any atom is -0.307 e. The molecule has 0 bridgehead atoms. The average molecular weight is 797 g/mol. The van der Waals surface area contributed by atoms with Gasteiger partial charge in [0.1, 0.15) is 23.3 Å². The molecule has 2 aromatic heterocycles. The summed E-state index contributed by atoms with van der Waals surface area (Å²) in [6.07, 6.45) is 4.11. The molecule has 2 aliphatic heterocycles. The Bertz CT molecular complexity index is 3010. The van der Waals surface area contributed by atoms with Gasteiger partial charge in [-0.05, 0) is 172 Å². The first-order chi connectivity index (χ1) is 29.1. The number of rotatable bonds is 4. The molecule has 11 rings (SSSR count). The van der Waals surface area contributed by atoms with Crippen LogP contribution in [0.25, 0.3) is 55.3 Å². The Kier molecular flexibility index (Phi) is 7.61. The Morgan fingerprint density at radius 2 is 0.902 bits per heavy atom. The minimum absolute atomic E-state index is 0.212. The van der Waals surface area contributed by atoms with Crippen LogP contribution in [0.15, 0.2) is 144 Å². The number of pyridine rings is 2. The third-order valence-corrected chi connectivity index (χ3v) is 15.3. The lowest BCUT2D eigenvalue weighted by atomic mass is 9.69. The first kappa shape index (κ1) is 37.6. The zero-order valence-corrected chi connectivity index (χ0v) is 36.9. The van der Waals surface area contributed by atoms with E-state index in [9.17, 15) is 0 Å². The zero-order valence-electron chi connectivity index (χ0n) is 36.9. The quantitative estimate of drug-likeness (QED) is 0.178. The highest BCUT2D eigenvalue weighted by molar-refractivity contribution is 6.11. The zero-order chi connectivity index (χ0) is 42.4. The summed E-state index contributed by atoms with van der Waals surface area (Å²) in [5.74, 6) is 3.82. The van der Waals surface area contributed by atoms with E-state index in [-0.39, 0.29) is 22.2 Å². The summed E-state index contributed by atoms with van der Waals surface area (Å²) in [7, 11) is 0. The van der Waals surface area contributed by atoms with E-state index in [0.717, 1.165) is 40.0 Å². The van der Waals surface area contributed by atoms with Gasteiger partial charge >= 0.3 is 0 Å². The number of aromatic nitrogens is 2. The number of benzene rings is 5. The Morgan fingerprint density at radius 3 is 1.41 bits per heavy atom. The molecule has 61 heavy (non-hydrogen) atoms. The van der Waals surface area contributed by atoms with Crippen molar-refractivity contribution in [3.63, 3.8) is 0 Å². The van der Waals surface area contributed by atoms with Gasteiger partial charge in [-0.2, -0.15) is 0 Å². The lowest BCUT2D eigenvalue weighted by molar-refractivity contribution is 0.337. The van der Waals surface area contributed by atoms with Gasteiger partial charge in [0.2, 0.25) is 0 Å². The highest BCUT2D eigenvalue weighted by Gasteiger charge is 2.53. The van der Waals surface area contributed by atoms with Gasteiger partial charge in [0.05, 0.1) is 27.6 Å². The number of amidine groups is 2. The molecule has 302 valence electrons. The van der Waals surface area contributed by atoms with Gasteiger partial charge in [0, 0.05) is 23.5 Å². The van der Waals surface area contributed by atoms with Crippen LogP contribution in [0.3, 0.4) is 0 Å². The second-order valence-corrected chi connectivity index (χ2v) is 19.5. The Morgan fingerprint density at radius 1 is 0.410 bits per heavy atom. The number of hydrogen-bond donors (Lipinski definition) is 0. The molecule has 0 atom stereocenters. The fourth-order valence-corrected chi connectivity index (χ4v) is 11.2. The Labute approximate surface area is 359 Å². The van der Waals surface area contributed by atoms with Crippen molar-refractivity contribution in [1.29, 1.82) is 0 Å². The van der Waals surface area contributed by atoms with E-state index in [4.69, 9.17) is 20.0 Å². The summed E-state index contributed by atoms with van der Waals surface area (Å²) >= 11 is 0. The Hall–Kier alpha value is -6.40. The van der Waals surface area contributed by atoms with E-state index in [1.54, 1.807) is 0 Å². The number of anilines is 2. The SMILES string of the molecule is CC1=NC(C)(C)C(C)(C)N1c1ccc(-c2ccc3c(c2)C2(c4ccccc4-c4ccccc42)c2cc(-c4ccc(N5C(C)=NC(C)(C)C5(C)C)nc4)c4ccccc4c2-3)cn1. The standard InChI is InChI=1S/C55H52N6/c1-33-58-51(3,4)53(7,8)60(33)48-27-24-36(31-56-48)35-23-26-42-46(29-35)55(44-21-15-13-18-39(44)40-19-14-16-22-45(40)55)47-30-43(38-17-11-12-20-41(38)50(42)47)37-25-28-49(57-32-37)61-34(2)59-52(5,6)54(61,9)10/h11-32H,1-10H3. The van der Waals surface area contributed by atoms with Gasteiger partial charge in [-0.1, -0.05) is 84.9 Å². The highest BCUT2D eigenvalue weighted by atomic mass is 15.4. The molecule has 0 radical (unpaired) electrons. The van der Waals surface area contributed by atoms with Crippen LogP contribution in [0.5, 0.6) is 0 Å². The molecule has 2 aliphatic carbocycles. The van der Waals surface area contributed by atoms with Gasteiger partial charge in [-0.25, -0.2) is 9.97 Å². The molecule has 6 heteroatoms. The molecule has 4 aliphatic rings. The summed E-state index contributed by atoms with van der Waals surface area (Å²) in [6, 6.07) is 45.4. The fourth-order valence-electron chi connectivity index (χ4n) is 11.2. The van der Waals surface area contributed by atoms with Crippen LogP contribution < -0.4 is 9.80 Å². The molecular formula is C55H52N6. The van der Waals surface area contributed by atoms with Gasteiger partial charge < -0.3 is 9.80 Å².